The van der Waals surface area contributed by atoms with Crippen LogP contribution in [0.4, 0.5) is 5.69 Å². The molecule has 0 spiro atoms. The molecule has 1 amide bonds. The molecule has 1 aliphatic heterocycles. The molecule has 192 valence electrons. The predicted molar refractivity (Wildman–Crippen MR) is 143 cm³/mol. The lowest BCUT2D eigenvalue weighted by molar-refractivity contribution is -0.138. The number of anilines is 1. The van der Waals surface area contributed by atoms with Crippen molar-refractivity contribution in [2.24, 2.45) is 5.92 Å². The van der Waals surface area contributed by atoms with Crippen LogP contribution in [0, 0.1) is 5.92 Å². The Morgan fingerprint density at radius 3 is 2.27 bits per heavy atom. The maximum absolute atomic E-state index is 13.1. The molecule has 2 unspecified atom stereocenters. The first kappa shape index (κ1) is 25.0. The zero-order valence-corrected chi connectivity index (χ0v) is 20.8. The summed E-state index contributed by atoms with van der Waals surface area (Å²) in [5, 5.41) is 21.9. The van der Waals surface area contributed by atoms with E-state index in [1.165, 1.54) is 5.56 Å². The molecule has 0 saturated heterocycles. The van der Waals surface area contributed by atoms with Crippen LogP contribution in [0.5, 0.6) is 5.75 Å². The van der Waals surface area contributed by atoms with Gasteiger partial charge < -0.3 is 20.3 Å². The molecular weight excluding hydrogens is 466 g/mol. The zero-order valence-electron chi connectivity index (χ0n) is 20.8. The quantitative estimate of drug-likeness (QED) is 0.372. The number of amides is 1. The number of benzene rings is 3. The van der Waals surface area contributed by atoms with Gasteiger partial charge in [-0.15, -0.1) is 0 Å². The molecule has 6 heteroatoms. The summed E-state index contributed by atoms with van der Waals surface area (Å²) in [4.78, 5) is 24.1. The Morgan fingerprint density at radius 2 is 1.59 bits per heavy atom. The van der Waals surface area contributed by atoms with Crippen LogP contribution in [0.15, 0.2) is 72.8 Å². The lowest BCUT2D eigenvalue weighted by Crippen LogP contribution is -2.34. The van der Waals surface area contributed by atoms with Gasteiger partial charge in [-0.05, 0) is 72.4 Å². The van der Waals surface area contributed by atoms with Crippen LogP contribution in [0.1, 0.15) is 61.5 Å². The highest BCUT2D eigenvalue weighted by molar-refractivity contribution is 5.96. The van der Waals surface area contributed by atoms with E-state index in [2.05, 4.69) is 29.6 Å². The molecule has 2 aliphatic rings. The number of carbonyl (C=O) groups is 2. The van der Waals surface area contributed by atoms with Gasteiger partial charge in [0, 0.05) is 24.1 Å². The van der Waals surface area contributed by atoms with Gasteiger partial charge in [0.1, 0.15) is 11.9 Å². The Labute approximate surface area is 217 Å². The van der Waals surface area contributed by atoms with E-state index in [9.17, 15) is 14.7 Å². The first-order valence-corrected chi connectivity index (χ1v) is 13.1. The number of aliphatic carboxylic acids is 1. The second-order valence-corrected chi connectivity index (χ2v) is 10.3. The van der Waals surface area contributed by atoms with Crippen LogP contribution in [0.2, 0.25) is 0 Å². The van der Waals surface area contributed by atoms with Gasteiger partial charge in [-0.25, -0.2) is 0 Å². The number of hydrogen-bond donors (Lipinski definition) is 3. The van der Waals surface area contributed by atoms with Gasteiger partial charge in [-0.3, -0.25) is 9.59 Å². The molecular formula is C31H33NO5. The van der Waals surface area contributed by atoms with Gasteiger partial charge in [0.2, 0.25) is 5.91 Å². The molecule has 3 N–H and O–H groups in total. The Bertz CT molecular complexity index is 1230. The van der Waals surface area contributed by atoms with Gasteiger partial charge in [-0.2, -0.15) is 0 Å². The summed E-state index contributed by atoms with van der Waals surface area (Å²) in [6.45, 7) is -0.151. The summed E-state index contributed by atoms with van der Waals surface area (Å²) in [6.07, 6.45) is 4.24. The monoisotopic (exact) mass is 499 g/mol. The van der Waals surface area contributed by atoms with Crippen LogP contribution in [0.3, 0.4) is 0 Å². The van der Waals surface area contributed by atoms with E-state index in [1.54, 1.807) is 0 Å². The molecule has 5 rings (SSSR count). The van der Waals surface area contributed by atoms with Gasteiger partial charge in [0.25, 0.3) is 0 Å². The number of rotatable bonds is 7. The molecule has 2 atom stereocenters. The van der Waals surface area contributed by atoms with E-state index in [0.717, 1.165) is 48.1 Å². The number of aliphatic hydroxyl groups excluding tert-OH is 1. The van der Waals surface area contributed by atoms with Crippen molar-refractivity contribution in [3.63, 3.8) is 0 Å². The van der Waals surface area contributed by atoms with Crippen molar-refractivity contribution in [1.29, 1.82) is 0 Å². The summed E-state index contributed by atoms with van der Waals surface area (Å²) in [7, 11) is 0. The Balaban J connectivity index is 1.31. The fourth-order valence-corrected chi connectivity index (χ4v) is 5.73. The van der Waals surface area contributed by atoms with Gasteiger partial charge in [0.15, 0.2) is 0 Å². The number of nitrogens with one attached hydrogen (secondary N) is 1. The number of aliphatic hydroxyl groups is 1. The minimum absolute atomic E-state index is 0.107. The van der Waals surface area contributed by atoms with E-state index in [1.807, 2.05) is 48.5 Å². The standard InChI is InChI=1S/C31H33NO5/c33-19-26-18-28(31(36)32-25-4-2-1-3-5-25)27-15-14-24(17-29(27)37-26)23-12-10-22(11-13-23)21-8-6-20(7-9-21)16-30(34)35/h1-5,10-15,17,20-21,26,28,33H,6-9,16,18-19H2,(H,32,36)(H,34,35). The molecule has 0 aromatic heterocycles. The molecule has 1 saturated carbocycles. The van der Waals surface area contributed by atoms with Crippen LogP contribution in [-0.4, -0.2) is 34.8 Å². The molecule has 1 heterocycles. The molecule has 6 nitrogen and oxygen atoms in total. The van der Waals surface area contributed by atoms with E-state index in [4.69, 9.17) is 9.84 Å². The second-order valence-electron chi connectivity index (χ2n) is 10.3. The van der Waals surface area contributed by atoms with Crippen molar-refractivity contribution in [3.05, 3.63) is 83.9 Å². The third kappa shape index (κ3) is 5.86. The Kier molecular flexibility index (Phi) is 7.56. The van der Waals surface area contributed by atoms with Crippen molar-refractivity contribution < 1.29 is 24.5 Å². The SMILES string of the molecule is O=C(O)CC1CCC(c2ccc(-c3ccc4c(c3)OC(CO)CC4C(=O)Nc3ccccc3)cc2)CC1. The number of ether oxygens (including phenoxy) is 1. The van der Waals surface area contributed by atoms with Crippen LogP contribution >= 0.6 is 0 Å². The minimum Gasteiger partial charge on any atom is -0.488 e. The molecule has 1 aliphatic carbocycles. The highest BCUT2D eigenvalue weighted by Gasteiger charge is 2.33. The van der Waals surface area contributed by atoms with Gasteiger partial charge in [-0.1, -0.05) is 54.6 Å². The third-order valence-electron chi connectivity index (χ3n) is 7.77. The van der Waals surface area contributed by atoms with Crippen molar-refractivity contribution in [3.8, 4) is 16.9 Å². The fourth-order valence-electron chi connectivity index (χ4n) is 5.73. The smallest absolute Gasteiger partial charge is 0.303 e. The first-order chi connectivity index (χ1) is 18.0. The minimum atomic E-state index is -0.699. The third-order valence-corrected chi connectivity index (χ3v) is 7.77. The van der Waals surface area contributed by atoms with Crippen LogP contribution < -0.4 is 10.1 Å². The zero-order chi connectivity index (χ0) is 25.8. The number of carboxylic acids is 1. The summed E-state index contributed by atoms with van der Waals surface area (Å²) in [6, 6.07) is 23.9. The second kappa shape index (κ2) is 11.2. The van der Waals surface area contributed by atoms with Gasteiger partial charge in [0.05, 0.1) is 12.5 Å². The first-order valence-electron chi connectivity index (χ1n) is 13.1. The fraction of sp³-hybridized carbons (Fsp3) is 0.355. The highest BCUT2D eigenvalue weighted by Crippen LogP contribution is 2.41. The molecule has 3 aromatic carbocycles. The van der Waals surface area contributed by atoms with E-state index < -0.39 is 18.0 Å². The lowest BCUT2D eigenvalue weighted by Gasteiger charge is -2.31. The summed E-state index contributed by atoms with van der Waals surface area (Å²) in [5.74, 6) is 0.190. The van der Waals surface area contributed by atoms with Crippen molar-refractivity contribution in [2.45, 2.75) is 56.5 Å². The van der Waals surface area contributed by atoms with Crippen molar-refractivity contribution in [1.82, 2.24) is 0 Å². The number of para-hydroxylation sites is 1. The number of carbonyl (C=O) groups excluding carboxylic acids is 1. The Hall–Kier alpha value is -3.64. The Morgan fingerprint density at radius 1 is 0.892 bits per heavy atom. The maximum atomic E-state index is 13.1. The summed E-state index contributed by atoms with van der Waals surface area (Å²) in [5.41, 5.74) is 4.93. The highest BCUT2D eigenvalue weighted by atomic mass is 16.5. The van der Waals surface area contributed by atoms with Crippen molar-refractivity contribution >= 4 is 17.6 Å². The van der Waals surface area contributed by atoms with Crippen LogP contribution in [-0.2, 0) is 9.59 Å². The lowest BCUT2D eigenvalue weighted by atomic mass is 9.77. The van der Waals surface area contributed by atoms with Crippen LogP contribution in [0.25, 0.3) is 11.1 Å². The van der Waals surface area contributed by atoms with E-state index >= 15 is 0 Å². The number of carboxylic acid groups (broad SMARTS) is 1. The molecule has 37 heavy (non-hydrogen) atoms. The normalized spacial score (nSPS) is 22.9. The average Bonchev–Trinajstić information content (AvgIpc) is 2.93. The average molecular weight is 500 g/mol. The molecule has 0 bridgehead atoms. The predicted octanol–water partition coefficient (Wildman–Crippen LogP) is 5.97. The van der Waals surface area contributed by atoms with E-state index in [0.29, 0.717) is 24.0 Å². The summed E-state index contributed by atoms with van der Waals surface area (Å²) >= 11 is 0. The van der Waals surface area contributed by atoms with Crippen molar-refractivity contribution in [2.75, 3.05) is 11.9 Å². The van der Waals surface area contributed by atoms with Gasteiger partial charge >= 0.3 is 5.97 Å². The maximum Gasteiger partial charge on any atom is 0.303 e. The molecule has 3 aromatic rings. The largest absolute Gasteiger partial charge is 0.488 e. The van der Waals surface area contributed by atoms with E-state index in [-0.39, 0.29) is 18.9 Å². The topological polar surface area (TPSA) is 95.9 Å². The molecule has 0 radical (unpaired) electrons. The number of hydrogen-bond acceptors (Lipinski definition) is 4. The molecule has 1 fully saturated rings. The summed E-state index contributed by atoms with van der Waals surface area (Å²) < 4.78 is 6.06. The number of fused-ring (bicyclic) bond motifs is 1.